The van der Waals surface area contributed by atoms with Crippen LogP contribution in [0.4, 0.5) is 0 Å². The molecule has 76 valence electrons. The van der Waals surface area contributed by atoms with E-state index in [1.807, 2.05) is 20.8 Å². The molecule has 0 amide bonds. The zero-order valence-electron chi connectivity index (χ0n) is 8.27. The smallest absolute Gasteiger partial charge is 0.339 e. The van der Waals surface area contributed by atoms with Gasteiger partial charge in [0.1, 0.15) is 6.26 Å². The lowest BCUT2D eigenvalue weighted by molar-refractivity contribution is -0.231. The zero-order valence-corrected chi connectivity index (χ0v) is 8.27. The highest BCUT2D eigenvalue weighted by atomic mass is 17.1. The molecule has 1 N–H and O–H groups in total. The van der Waals surface area contributed by atoms with Crippen molar-refractivity contribution in [3.63, 3.8) is 0 Å². The Labute approximate surface area is 77.2 Å². The van der Waals surface area contributed by atoms with Crippen LogP contribution in [-0.2, 0) is 9.68 Å². The largest absolute Gasteiger partial charge is 0.365 e. The fourth-order valence-corrected chi connectivity index (χ4v) is 0.258. The number of hydrogen-bond acceptors (Lipinski definition) is 5. The van der Waals surface area contributed by atoms with Crippen molar-refractivity contribution in [2.45, 2.75) is 27.7 Å². The molecule has 0 aromatic carbocycles. The van der Waals surface area contributed by atoms with Crippen LogP contribution >= 0.6 is 0 Å². The summed E-state index contributed by atoms with van der Waals surface area (Å²) in [7, 11) is 0. The molecule has 0 aliphatic rings. The van der Waals surface area contributed by atoms with Gasteiger partial charge in [-0.3, -0.25) is 0 Å². The van der Waals surface area contributed by atoms with Crippen molar-refractivity contribution < 1.29 is 19.5 Å². The Morgan fingerprint density at radius 3 is 2.15 bits per heavy atom. The number of aromatic nitrogens is 1. The minimum atomic E-state index is -0.690. The molecular formula is C8H15NO4. The second kappa shape index (κ2) is 10.6. The molecule has 0 atom stereocenters. The quantitative estimate of drug-likeness (QED) is 0.499. The van der Waals surface area contributed by atoms with Gasteiger partial charge in [0.15, 0.2) is 0 Å². The number of rotatable bonds is 0. The first kappa shape index (κ1) is 14.2. The van der Waals surface area contributed by atoms with Gasteiger partial charge in [-0.2, -0.15) is 5.26 Å². The summed E-state index contributed by atoms with van der Waals surface area (Å²) in [5.74, 6) is -0.690. The maximum absolute atomic E-state index is 9.34. The summed E-state index contributed by atoms with van der Waals surface area (Å²) in [6.45, 7) is 7.04. The molecule has 0 spiro atoms. The van der Waals surface area contributed by atoms with Gasteiger partial charge in [-0.05, 0) is 6.92 Å². The third-order valence-electron chi connectivity index (χ3n) is 0.684. The van der Waals surface area contributed by atoms with Crippen LogP contribution in [0.5, 0.6) is 0 Å². The number of aryl methyl sites for hydroxylation is 1. The van der Waals surface area contributed by atoms with E-state index in [2.05, 4.69) is 14.6 Å². The molecule has 1 aromatic rings. The molecule has 0 aliphatic heterocycles. The Hall–Kier alpha value is -1.36. The summed E-state index contributed by atoms with van der Waals surface area (Å²) in [4.78, 5) is 12.5. The third-order valence-corrected chi connectivity index (χ3v) is 0.684. The number of nitrogens with zero attached hydrogens (tertiary/aromatic N) is 1. The lowest BCUT2D eigenvalue weighted by Gasteiger charge is -1.76. The van der Waals surface area contributed by atoms with Gasteiger partial charge in [0, 0.05) is 12.5 Å². The Balaban J connectivity index is 0. The minimum Gasteiger partial charge on any atom is -0.365 e. The summed E-state index contributed by atoms with van der Waals surface area (Å²) in [6, 6.07) is 0. The van der Waals surface area contributed by atoms with Gasteiger partial charge in [0.25, 0.3) is 0 Å². The Kier molecular flexibility index (Phi) is 11.6. The van der Waals surface area contributed by atoms with Gasteiger partial charge in [-0.1, -0.05) is 19.0 Å². The SMILES string of the molecule is CC.CC(=O)OO.Cc1cnoc1. The monoisotopic (exact) mass is 189 g/mol. The van der Waals surface area contributed by atoms with Crippen LogP contribution in [0.25, 0.3) is 0 Å². The van der Waals surface area contributed by atoms with Crippen LogP contribution in [0.2, 0.25) is 0 Å². The first-order valence-electron chi connectivity index (χ1n) is 3.84. The number of carbonyl (C=O) groups is 1. The average molecular weight is 189 g/mol. The highest BCUT2D eigenvalue weighted by molar-refractivity contribution is 5.64. The van der Waals surface area contributed by atoms with Crippen molar-refractivity contribution in [2.24, 2.45) is 0 Å². The van der Waals surface area contributed by atoms with E-state index in [0.29, 0.717) is 0 Å². The molecule has 1 rings (SSSR count). The molecule has 5 nitrogen and oxygen atoms in total. The molecule has 1 heterocycles. The van der Waals surface area contributed by atoms with Gasteiger partial charge in [-0.25, -0.2) is 4.79 Å². The highest BCUT2D eigenvalue weighted by Crippen LogP contribution is 1.88. The predicted octanol–water partition coefficient (Wildman–Crippen LogP) is 2.03. The van der Waals surface area contributed by atoms with Crippen LogP contribution in [0, 0.1) is 6.92 Å². The summed E-state index contributed by atoms with van der Waals surface area (Å²) in [5, 5.41) is 10.7. The zero-order chi connectivity index (χ0) is 10.7. The standard InChI is InChI=1S/C4H5NO.C2H4O3.C2H6/c1-4-2-5-6-3-4;1-2(3)5-4;1-2/h2-3H,1H3;4H,1H3;1-2H3. The van der Waals surface area contributed by atoms with E-state index in [9.17, 15) is 4.79 Å². The number of carbonyl (C=O) groups excluding carboxylic acids is 1. The summed E-state index contributed by atoms with van der Waals surface area (Å²) < 4.78 is 4.46. The van der Waals surface area contributed by atoms with Gasteiger partial charge >= 0.3 is 5.97 Å². The van der Waals surface area contributed by atoms with Crippen molar-refractivity contribution in [3.8, 4) is 0 Å². The maximum atomic E-state index is 9.34. The highest BCUT2D eigenvalue weighted by Gasteiger charge is 1.79. The van der Waals surface area contributed by atoms with Crippen LogP contribution < -0.4 is 0 Å². The Morgan fingerprint density at radius 2 is 2.08 bits per heavy atom. The van der Waals surface area contributed by atoms with Gasteiger partial charge in [-0.15, -0.1) is 0 Å². The Morgan fingerprint density at radius 1 is 1.62 bits per heavy atom. The van der Waals surface area contributed by atoms with Crippen molar-refractivity contribution in [1.29, 1.82) is 0 Å². The van der Waals surface area contributed by atoms with Crippen LogP contribution in [0.1, 0.15) is 26.3 Å². The molecule has 0 saturated carbocycles. The third kappa shape index (κ3) is 13.6. The van der Waals surface area contributed by atoms with E-state index >= 15 is 0 Å². The second-order valence-corrected chi connectivity index (χ2v) is 1.78. The van der Waals surface area contributed by atoms with Crippen LogP contribution in [0.15, 0.2) is 17.0 Å². The first-order chi connectivity index (χ1) is 6.16. The topological polar surface area (TPSA) is 72.6 Å². The predicted molar refractivity (Wildman–Crippen MR) is 47.0 cm³/mol. The maximum Gasteiger partial charge on any atom is 0.339 e. The fraction of sp³-hybridized carbons (Fsp3) is 0.500. The molecule has 0 unspecified atom stereocenters. The summed E-state index contributed by atoms with van der Waals surface area (Å²) >= 11 is 0. The van der Waals surface area contributed by atoms with Gasteiger partial charge < -0.3 is 9.41 Å². The second-order valence-electron chi connectivity index (χ2n) is 1.78. The molecule has 13 heavy (non-hydrogen) atoms. The first-order valence-corrected chi connectivity index (χ1v) is 3.84. The molecule has 0 radical (unpaired) electrons. The average Bonchev–Trinajstić information content (AvgIpc) is 2.60. The molecule has 0 saturated heterocycles. The summed E-state index contributed by atoms with van der Waals surface area (Å²) in [6.07, 6.45) is 3.26. The van der Waals surface area contributed by atoms with E-state index in [1.165, 1.54) is 0 Å². The molecule has 5 heteroatoms. The van der Waals surface area contributed by atoms with Crippen molar-refractivity contribution >= 4 is 5.97 Å². The van der Waals surface area contributed by atoms with E-state index in [-0.39, 0.29) is 0 Å². The van der Waals surface area contributed by atoms with Crippen LogP contribution in [0.3, 0.4) is 0 Å². The molecular weight excluding hydrogens is 174 g/mol. The lowest BCUT2D eigenvalue weighted by atomic mass is 10.4. The number of hydrogen-bond donors (Lipinski definition) is 1. The molecule has 1 aromatic heterocycles. The lowest BCUT2D eigenvalue weighted by Crippen LogP contribution is -1.89. The van der Waals surface area contributed by atoms with Crippen molar-refractivity contribution in [1.82, 2.24) is 5.16 Å². The van der Waals surface area contributed by atoms with Gasteiger partial charge in [0.2, 0.25) is 0 Å². The summed E-state index contributed by atoms with van der Waals surface area (Å²) in [5.41, 5.74) is 1.06. The van der Waals surface area contributed by atoms with E-state index < -0.39 is 5.97 Å². The van der Waals surface area contributed by atoms with Crippen molar-refractivity contribution in [2.75, 3.05) is 0 Å². The van der Waals surface area contributed by atoms with E-state index in [4.69, 9.17) is 5.26 Å². The minimum absolute atomic E-state index is 0.690. The molecule has 0 fully saturated rings. The van der Waals surface area contributed by atoms with Gasteiger partial charge in [0.05, 0.1) is 6.20 Å². The van der Waals surface area contributed by atoms with E-state index in [1.54, 1.807) is 12.5 Å². The molecule has 0 bridgehead atoms. The van der Waals surface area contributed by atoms with Crippen LogP contribution in [-0.4, -0.2) is 16.4 Å². The molecule has 0 aliphatic carbocycles. The van der Waals surface area contributed by atoms with E-state index in [0.717, 1.165) is 12.5 Å². The van der Waals surface area contributed by atoms with Crippen molar-refractivity contribution in [3.05, 3.63) is 18.0 Å². The Bertz CT molecular complexity index is 196. The normalized spacial score (nSPS) is 7.15. The fourth-order valence-electron chi connectivity index (χ4n) is 0.258.